The molecular weight excluding hydrogens is 418 g/mol. The van der Waals surface area contributed by atoms with E-state index in [4.69, 9.17) is 0 Å². The highest BCUT2D eigenvalue weighted by Crippen LogP contribution is 2.36. The number of halogens is 2. The molecule has 1 aliphatic rings. The van der Waals surface area contributed by atoms with Gasteiger partial charge >= 0.3 is 0 Å². The van der Waals surface area contributed by atoms with Gasteiger partial charge in [0.05, 0.1) is 10.9 Å². The standard InChI is InChI=1S/C15H13Br2NO2S/c16-11-5-3-6-12(9-11)21(19,20)18-15-13-7-2-1-4-10(13)8-14(15)17/h1-7,9,14-15,18H,8H2. The monoisotopic (exact) mass is 429 g/mol. The van der Waals surface area contributed by atoms with Gasteiger partial charge in [-0.1, -0.05) is 62.2 Å². The molecule has 3 rings (SSSR count). The summed E-state index contributed by atoms with van der Waals surface area (Å²) in [5.41, 5.74) is 2.22. The van der Waals surface area contributed by atoms with E-state index < -0.39 is 10.0 Å². The Hall–Kier alpha value is -0.690. The molecule has 2 aromatic carbocycles. The molecule has 0 bridgehead atoms. The van der Waals surface area contributed by atoms with Gasteiger partial charge in [0, 0.05) is 9.30 Å². The zero-order chi connectivity index (χ0) is 15.0. The molecule has 3 nitrogen and oxygen atoms in total. The van der Waals surface area contributed by atoms with E-state index >= 15 is 0 Å². The van der Waals surface area contributed by atoms with Gasteiger partial charge in [0.1, 0.15) is 0 Å². The van der Waals surface area contributed by atoms with Crippen LogP contribution in [0.25, 0.3) is 0 Å². The summed E-state index contributed by atoms with van der Waals surface area (Å²) < 4.78 is 28.6. The Morgan fingerprint density at radius 3 is 2.62 bits per heavy atom. The Kier molecular flexibility index (Phi) is 4.23. The van der Waals surface area contributed by atoms with Crippen molar-refractivity contribution < 1.29 is 8.42 Å². The second kappa shape index (κ2) is 5.83. The summed E-state index contributed by atoms with van der Waals surface area (Å²) in [6.07, 6.45) is 0.821. The minimum absolute atomic E-state index is 0.0665. The van der Waals surface area contributed by atoms with Gasteiger partial charge in [0.2, 0.25) is 10.0 Å². The quantitative estimate of drug-likeness (QED) is 0.753. The number of alkyl halides is 1. The van der Waals surface area contributed by atoms with E-state index in [0.29, 0.717) is 0 Å². The largest absolute Gasteiger partial charge is 0.241 e. The fourth-order valence-corrected chi connectivity index (χ4v) is 5.35. The van der Waals surface area contributed by atoms with Crippen LogP contribution in [-0.2, 0) is 16.4 Å². The fourth-order valence-electron chi connectivity index (χ4n) is 2.55. The highest BCUT2D eigenvalue weighted by Gasteiger charge is 2.33. The molecule has 21 heavy (non-hydrogen) atoms. The van der Waals surface area contributed by atoms with Gasteiger partial charge in [-0.2, -0.15) is 0 Å². The van der Waals surface area contributed by atoms with Gasteiger partial charge in [0.25, 0.3) is 0 Å². The minimum Gasteiger partial charge on any atom is -0.207 e. The number of hydrogen-bond acceptors (Lipinski definition) is 2. The number of sulfonamides is 1. The van der Waals surface area contributed by atoms with Crippen LogP contribution in [0.3, 0.4) is 0 Å². The molecule has 0 amide bonds. The van der Waals surface area contributed by atoms with Gasteiger partial charge < -0.3 is 0 Å². The summed E-state index contributed by atoms with van der Waals surface area (Å²) >= 11 is 6.89. The molecule has 1 aliphatic carbocycles. The van der Waals surface area contributed by atoms with E-state index in [9.17, 15) is 8.42 Å². The normalized spacial score (nSPS) is 21.2. The molecule has 1 N–H and O–H groups in total. The third kappa shape index (κ3) is 3.08. The lowest BCUT2D eigenvalue weighted by atomic mass is 10.1. The molecule has 6 heteroatoms. The van der Waals surface area contributed by atoms with Crippen molar-refractivity contribution in [2.75, 3.05) is 0 Å². The van der Waals surface area contributed by atoms with Crippen molar-refractivity contribution in [1.29, 1.82) is 0 Å². The van der Waals surface area contributed by atoms with E-state index in [-0.39, 0.29) is 15.8 Å². The summed E-state index contributed by atoms with van der Waals surface area (Å²) in [6.45, 7) is 0. The Balaban J connectivity index is 1.93. The summed E-state index contributed by atoms with van der Waals surface area (Å²) in [4.78, 5) is 0.331. The number of fused-ring (bicyclic) bond motifs is 1. The Morgan fingerprint density at radius 2 is 1.86 bits per heavy atom. The van der Waals surface area contributed by atoms with E-state index in [2.05, 4.69) is 36.6 Å². The predicted molar refractivity (Wildman–Crippen MR) is 90.1 cm³/mol. The van der Waals surface area contributed by atoms with Gasteiger partial charge in [0.15, 0.2) is 0 Å². The van der Waals surface area contributed by atoms with Gasteiger partial charge in [-0.3, -0.25) is 0 Å². The van der Waals surface area contributed by atoms with Crippen LogP contribution in [0.2, 0.25) is 0 Å². The Labute approximate surface area is 141 Å². The number of benzene rings is 2. The third-order valence-electron chi connectivity index (χ3n) is 3.56. The van der Waals surface area contributed by atoms with Crippen LogP contribution in [0.5, 0.6) is 0 Å². The van der Waals surface area contributed by atoms with Gasteiger partial charge in [-0.25, -0.2) is 13.1 Å². The van der Waals surface area contributed by atoms with Crippen LogP contribution in [0, 0.1) is 0 Å². The Morgan fingerprint density at radius 1 is 1.10 bits per heavy atom. The first-order valence-corrected chi connectivity index (χ1v) is 9.66. The van der Waals surface area contributed by atoms with Crippen molar-refractivity contribution in [3.05, 3.63) is 64.1 Å². The summed E-state index contributed by atoms with van der Waals surface area (Å²) in [6, 6.07) is 14.4. The first-order chi connectivity index (χ1) is 9.97. The highest BCUT2D eigenvalue weighted by molar-refractivity contribution is 9.10. The fraction of sp³-hybridized carbons (Fsp3) is 0.200. The highest BCUT2D eigenvalue weighted by atomic mass is 79.9. The maximum atomic E-state index is 12.5. The molecule has 0 radical (unpaired) electrons. The maximum Gasteiger partial charge on any atom is 0.241 e. The van der Waals surface area contributed by atoms with Gasteiger partial charge in [-0.05, 0) is 35.7 Å². The first kappa shape index (κ1) is 15.2. The average molecular weight is 431 g/mol. The molecular formula is C15H13Br2NO2S. The molecule has 110 valence electrons. The predicted octanol–water partition coefficient (Wildman–Crippen LogP) is 3.79. The lowest BCUT2D eigenvalue weighted by Crippen LogP contribution is -2.31. The second-order valence-electron chi connectivity index (χ2n) is 4.98. The second-order valence-corrected chi connectivity index (χ2v) is 8.78. The Bertz CT molecular complexity index is 777. The summed E-state index contributed by atoms with van der Waals surface area (Å²) in [7, 11) is -3.55. The number of rotatable bonds is 3. The topological polar surface area (TPSA) is 46.2 Å². The van der Waals surface area contributed by atoms with Gasteiger partial charge in [-0.15, -0.1) is 0 Å². The van der Waals surface area contributed by atoms with Crippen LogP contribution < -0.4 is 4.72 Å². The molecule has 0 spiro atoms. The molecule has 0 aromatic heterocycles. The smallest absolute Gasteiger partial charge is 0.207 e. The number of hydrogen-bond donors (Lipinski definition) is 1. The zero-order valence-corrected chi connectivity index (χ0v) is 14.9. The third-order valence-corrected chi connectivity index (χ3v) is 6.34. The van der Waals surface area contributed by atoms with Crippen molar-refractivity contribution in [1.82, 2.24) is 4.72 Å². The van der Waals surface area contributed by atoms with Crippen molar-refractivity contribution in [3.63, 3.8) is 0 Å². The first-order valence-electron chi connectivity index (χ1n) is 6.47. The summed E-state index contributed by atoms with van der Waals surface area (Å²) in [5.74, 6) is 0. The molecule has 2 unspecified atom stereocenters. The van der Waals surface area contributed by atoms with Crippen molar-refractivity contribution in [2.24, 2.45) is 0 Å². The molecule has 0 fully saturated rings. The van der Waals surface area contributed by atoms with E-state index in [1.165, 1.54) is 5.56 Å². The van der Waals surface area contributed by atoms with Crippen molar-refractivity contribution in [3.8, 4) is 0 Å². The van der Waals surface area contributed by atoms with E-state index in [0.717, 1.165) is 16.5 Å². The molecule has 0 saturated heterocycles. The van der Waals surface area contributed by atoms with E-state index in [1.54, 1.807) is 24.3 Å². The molecule has 0 heterocycles. The van der Waals surface area contributed by atoms with Crippen LogP contribution >= 0.6 is 31.9 Å². The van der Waals surface area contributed by atoms with Crippen LogP contribution in [0.4, 0.5) is 0 Å². The molecule has 2 atom stereocenters. The SMILES string of the molecule is O=S(=O)(NC1c2ccccc2CC1Br)c1cccc(Br)c1. The van der Waals surface area contributed by atoms with E-state index in [1.807, 2.05) is 24.3 Å². The zero-order valence-electron chi connectivity index (χ0n) is 11.0. The molecule has 0 aliphatic heterocycles. The van der Waals surface area contributed by atoms with Crippen molar-refractivity contribution in [2.45, 2.75) is 22.2 Å². The van der Waals surface area contributed by atoms with Crippen LogP contribution in [0.15, 0.2) is 57.9 Å². The molecule has 2 aromatic rings. The lowest BCUT2D eigenvalue weighted by Gasteiger charge is -2.18. The molecule has 0 saturated carbocycles. The van der Waals surface area contributed by atoms with Crippen molar-refractivity contribution >= 4 is 41.9 Å². The maximum absolute atomic E-state index is 12.5. The summed E-state index contributed by atoms with van der Waals surface area (Å²) in [5, 5.41) is 0. The number of nitrogens with one attached hydrogen (secondary N) is 1. The minimum atomic E-state index is -3.55. The average Bonchev–Trinajstić information content (AvgIpc) is 2.75. The van der Waals surface area contributed by atoms with Crippen LogP contribution in [0.1, 0.15) is 17.2 Å². The van der Waals surface area contributed by atoms with Crippen LogP contribution in [-0.4, -0.2) is 13.2 Å². The lowest BCUT2D eigenvalue weighted by molar-refractivity contribution is 0.559.